The van der Waals surface area contributed by atoms with E-state index in [1.54, 1.807) is 51.5 Å². The van der Waals surface area contributed by atoms with Crippen LogP contribution < -0.4 is 18.9 Å². The van der Waals surface area contributed by atoms with Crippen LogP contribution in [0.3, 0.4) is 0 Å². The zero-order chi connectivity index (χ0) is 18.2. The van der Waals surface area contributed by atoms with E-state index < -0.39 is 0 Å². The maximum atomic E-state index is 12.3. The van der Waals surface area contributed by atoms with Gasteiger partial charge in [-0.25, -0.2) is 0 Å². The molecule has 0 radical (unpaired) electrons. The van der Waals surface area contributed by atoms with E-state index in [0.717, 1.165) is 11.3 Å². The van der Waals surface area contributed by atoms with Gasteiger partial charge < -0.3 is 23.8 Å². The molecule has 1 amide bonds. The topological polar surface area (TPSA) is 57.2 Å². The Bertz CT molecular complexity index is 677. The minimum absolute atomic E-state index is 0.0665. The Labute approximate surface area is 147 Å². The molecule has 0 atom stereocenters. The number of hydrogen-bond donors (Lipinski definition) is 0. The first kappa shape index (κ1) is 18.4. The molecule has 0 aromatic heterocycles. The number of likely N-dealkylation sites (N-methyl/N-ethyl adjacent to an activating group) is 1. The number of benzene rings is 2. The third-order valence-electron chi connectivity index (χ3n) is 3.69. The van der Waals surface area contributed by atoms with E-state index in [1.807, 2.05) is 24.3 Å². The van der Waals surface area contributed by atoms with Crippen molar-refractivity contribution in [3.8, 4) is 23.0 Å². The van der Waals surface area contributed by atoms with Gasteiger partial charge >= 0.3 is 0 Å². The van der Waals surface area contributed by atoms with Crippen LogP contribution in [0, 0.1) is 0 Å². The molecule has 0 heterocycles. The second-order valence-corrected chi connectivity index (χ2v) is 5.43. The molecule has 0 saturated carbocycles. The molecular weight excluding hydrogens is 322 g/mol. The molecule has 0 fully saturated rings. The van der Waals surface area contributed by atoms with Crippen molar-refractivity contribution in [2.45, 2.75) is 6.54 Å². The van der Waals surface area contributed by atoms with Crippen LogP contribution in [-0.2, 0) is 11.3 Å². The normalized spacial score (nSPS) is 10.1. The standard InChI is InChI=1S/C19H23NO5/c1-20(12-14-5-7-15(22-2)8-6-14)19(21)13-25-18-10-16(23-3)9-17(11-18)24-4/h5-11H,12-13H2,1-4H3. The number of ether oxygens (including phenoxy) is 4. The molecule has 0 bridgehead atoms. The van der Waals surface area contributed by atoms with Crippen molar-refractivity contribution in [1.82, 2.24) is 4.90 Å². The average molecular weight is 345 g/mol. The van der Waals surface area contributed by atoms with Crippen LogP contribution in [0.5, 0.6) is 23.0 Å². The summed E-state index contributed by atoms with van der Waals surface area (Å²) in [5.74, 6) is 2.38. The van der Waals surface area contributed by atoms with E-state index in [-0.39, 0.29) is 12.5 Å². The molecule has 0 unspecified atom stereocenters. The largest absolute Gasteiger partial charge is 0.497 e. The molecule has 25 heavy (non-hydrogen) atoms. The highest BCUT2D eigenvalue weighted by atomic mass is 16.5. The summed E-state index contributed by atoms with van der Waals surface area (Å²) in [6, 6.07) is 12.7. The summed E-state index contributed by atoms with van der Waals surface area (Å²) in [6.45, 7) is 0.427. The number of nitrogens with zero attached hydrogens (tertiary/aromatic N) is 1. The highest BCUT2D eigenvalue weighted by Gasteiger charge is 2.11. The van der Waals surface area contributed by atoms with Crippen LogP contribution in [0.2, 0.25) is 0 Å². The quantitative estimate of drug-likeness (QED) is 0.736. The number of methoxy groups -OCH3 is 3. The number of hydrogen-bond acceptors (Lipinski definition) is 5. The monoisotopic (exact) mass is 345 g/mol. The fourth-order valence-electron chi connectivity index (χ4n) is 2.21. The van der Waals surface area contributed by atoms with Gasteiger partial charge in [0.25, 0.3) is 5.91 Å². The van der Waals surface area contributed by atoms with Gasteiger partial charge in [-0.2, -0.15) is 0 Å². The fraction of sp³-hybridized carbons (Fsp3) is 0.316. The molecule has 2 rings (SSSR count). The van der Waals surface area contributed by atoms with Crippen molar-refractivity contribution in [3.05, 3.63) is 48.0 Å². The Kier molecular flexibility index (Phi) is 6.51. The molecule has 2 aromatic rings. The number of carbonyl (C=O) groups is 1. The summed E-state index contributed by atoms with van der Waals surface area (Å²) >= 11 is 0. The van der Waals surface area contributed by atoms with E-state index >= 15 is 0 Å². The predicted octanol–water partition coefficient (Wildman–Crippen LogP) is 2.75. The Morgan fingerprint density at radius 2 is 1.36 bits per heavy atom. The van der Waals surface area contributed by atoms with Gasteiger partial charge in [0.15, 0.2) is 6.61 Å². The van der Waals surface area contributed by atoms with Crippen molar-refractivity contribution >= 4 is 5.91 Å². The minimum Gasteiger partial charge on any atom is -0.497 e. The first-order valence-electron chi connectivity index (χ1n) is 7.78. The van der Waals surface area contributed by atoms with E-state index in [0.29, 0.717) is 23.8 Å². The van der Waals surface area contributed by atoms with Gasteiger partial charge in [0.05, 0.1) is 21.3 Å². The summed E-state index contributed by atoms with van der Waals surface area (Å²) in [4.78, 5) is 13.9. The maximum absolute atomic E-state index is 12.3. The second-order valence-electron chi connectivity index (χ2n) is 5.43. The van der Waals surface area contributed by atoms with Gasteiger partial charge in [0.1, 0.15) is 23.0 Å². The highest BCUT2D eigenvalue weighted by molar-refractivity contribution is 5.77. The lowest BCUT2D eigenvalue weighted by Crippen LogP contribution is -2.30. The van der Waals surface area contributed by atoms with Crippen LogP contribution in [-0.4, -0.2) is 45.8 Å². The van der Waals surface area contributed by atoms with E-state index in [9.17, 15) is 4.79 Å². The lowest BCUT2D eigenvalue weighted by molar-refractivity contribution is -0.132. The predicted molar refractivity (Wildman–Crippen MR) is 94.5 cm³/mol. The number of amides is 1. The van der Waals surface area contributed by atoms with Gasteiger partial charge in [0.2, 0.25) is 0 Å². The average Bonchev–Trinajstić information content (AvgIpc) is 2.66. The molecule has 0 aliphatic carbocycles. The van der Waals surface area contributed by atoms with Gasteiger partial charge in [0, 0.05) is 31.8 Å². The smallest absolute Gasteiger partial charge is 0.260 e. The number of carbonyl (C=O) groups excluding carboxylic acids is 1. The minimum atomic E-state index is -0.127. The van der Waals surface area contributed by atoms with Crippen molar-refractivity contribution in [2.75, 3.05) is 35.0 Å². The Morgan fingerprint density at radius 1 is 0.840 bits per heavy atom. The molecule has 0 aliphatic rings. The van der Waals surface area contributed by atoms with Crippen LogP contribution >= 0.6 is 0 Å². The molecule has 0 aliphatic heterocycles. The summed E-state index contributed by atoms with van der Waals surface area (Å²) in [6.07, 6.45) is 0. The van der Waals surface area contributed by atoms with E-state index in [1.165, 1.54) is 0 Å². The summed E-state index contributed by atoms with van der Waals surface area (Å²) in [7, 11) is 6.48. The van der Waals surface area contributed by atoms with E-state index in [2.05, 4.69) is 0 Å². The molecule has 2 aromatic carbocycles. The van der Waals surface area contributed by atoms with Crippen LogP contribution in [0.4, 0.5) is 0 Å². The molecule has 6 heteroatoms. The molecule has 0 spiro atoms. The molecule has 0 saturated heterocycles. The van der Waals surface area contributed by atoms with Gasteiger partial charge in [-0.3, -0.25) is 4.79 Å². The lowest BCUT2D eigenvalue weighted by atomic mass is 10.2. The van der Waals surface area contributed by atoms with Gasteiger partial charge in [-0.15, -0.1) is 0 Å². The fourth-order valence-corrected chi connectivity index (χ4v) is 2.21. The third kappa shape index (κ3) is 5.31. The van der Waals surface area contributed by atoms with Gasteiger partial charge in [-0.1, -0.05) is 12.1 Å². The van der Waals surface area contributed by atoms with Crippen LogP contribution in [0.15, 0.2) is 42.5 Å². The van der Waals surface area contributed by atoms with E-state index in [4.69, 9.17) is 18.9 Å². The van der Waals surface area contributed by atoms with Crippen molar-refractivity contribution in [3.63, 3.8) is 0 Å². The van der Waals surface area contributed by atoms with Crippen LogP contribution in [0.25, 0.3) is 0 Å². The third-order valence-corrected chi connectivity index (χ3v) is 3.69. The summed E-state index contributed by atoms with van der Waals surface area (Å²) in [5, 5.41) is 0. The summed E-state index contributed by atoms with van der Waals surface area (Å²) < 4.78 is 21.1. The Hall–Kier alpha value is -2.89. The molecular formula is C19H23NO5. The van der Waals surface area contributed by atoms with Crippen molar-refractivity contribution < 1.29 is 23.7 Å². The number of rotatable bonds is 8. The highest BCUT2D eigenvalue weighted by Crippen LogP contribution is 2.27. The maximum Gasteiger partial charge on any atom is 0.260 e. The Balaban J connectivity index is 1.92. The first-order valence-corrected chi connectivity index (χ1v) is 7.78. The van der Waals surface area contributed by atoms with Crippen LogP contribution in [0.1, 0.15) is 5.56 Å². The Morgan fingerprint density at radius 3 is 1.88 bits per heavy atom. The van der Waals surface area contributed by atoms with Crippen molar-refractivity contribution in [1.29, 1.82) is 0 Å². The summed E-state index contributed by atoms with van der Waals surface area (Å²) in [5.41, 5.74) is 1.01. The lowest BCUT2D eigenvalue weighted by Gasteiger charge is -2.18. The SMILES string of the molecule is COc1ccc(CN(C)C(=O)COc2cc(OC)cc(OC)c2)cc1. The zero-order valence-corrected chi connectivity index (χ0v) is 14.9. The second kappa shape index (κ2) is 8.82. The van der Waals surface area contributed by atoms with Crippen molar-refractivity contribution in [2.24, 2.45) is 0 Å². The van der Waals surface area contributed by atoms with Gasteiger partial charge in [-0.05, 0) is 17.7 Å². The molecule has 6 nitrogen and oxygen atoms in total. The molecule has 0 N–H and O–H groups in total. The molecule has 134 valence electrons. The first-order chi connectivity index (χ1) is 12.0. The zero-order valence-electron chi connectivity index (χ0n) is 14.9.